The minimum Gasteiger partial charge on any atom is -0.339 e. The van der Waals surface area contributed by atoms with Crippen molar-refractivity contribution in [3.63, 3.8) is 0 Å². The Hall–Kier alpha value is -1.83. The molecule has 0 N–H and O–H groups in total. The standard InChI is InChI=1S/C14H18N4O3S/c19-14(16-7-9-22-10-8-16)12-4-2-6-17(12)13-11(18(20)21)3-1-5-15-13/h1,3,5,12H,2,4,6-10H2. The Morgan fingerprint density at radius 3 is 2.86 bits per heavy atom. The molecule has 3 heterocycles. The molecule has 1 unspecified atom stereocenters. The molecule has 7 nitrogen and oxygen atoms in total. The van der Waals surface area contributed by atoms with Crippen LogP contribution in [0.25, 0.3) is 0 Å². The highest BCUT2D eigenvalue weighted by Crippen LogP contribution is 2.32. The second kappa shape index (κ2) is 6.51. The van der Waals surface area contributed by atoms with Gasteiger partial charge in [0.05, 0.1) is 4.92 Å². The number of thioether (sulfide) groups is 1. The lowest BCUT2D eigenvalue weighted by Gasteiger charge is -2.32. The highest BCUT2D eigenvalue weighted by molar-refractivity contribution is 7.99. The van der Waals surface area contributed by atoms with Crippen LogP contribution in [0.1, 0.15) is 12.8 Å². The number of hydrogen-bond acceptors (Lipinski definition) is 6. The van der Waals surface area contributed by atoms with Gasteiger partial charge in [-0.25, -0.2) is 4.98 Å². The first kappa shape index (κ1) is 15.1. The van der Waals surface area contributed by atoms with Crippen LogP contribution in [0.5, 0.6) is 0 Å². The summed E-state index contributed by atoms with van der Waals surface area (Å²) >= 11 is 1.85. The van der Waals surface area contributed by atoms with Crippen molar-refractivity contribution in [3.05, 3.63) is 28.4 Å². The molecular weight excluding hydrogens is 304 g/mol. The second-order valence-corrected chi connectivity index (χ2v) is 6.62. The molecule has 0 bridgehead atoms. The third-order valence-electron chi connectivity index (χ3n) is 4.10. The van der Waals surface area contributed by atoms with Gasteiger partial charge >= 0.3 is 5.69 Å². The maximum absolute atomic E-state index is 12.7. The first-order valence-electron chi connectivity index (χ1n) is 7.41. The summed E-state index contributed by atoms with van der Waals surface area (Å²) in [6.45, 7) is 2.16. The summed E-state index contributed by atoms with van der Waals surface area (Å²) in [5.41, 5.74) is -0.0311. The first-order valence-corrected chi connectivity index (χ1v) is 8.56. The maximum Gasteiger partial charge on any atom is 0.311 e. The number of carbonyl (C=O) groups is 1. The van der Waals surface area contributed by atoms with Gasteiger partial charge in [-0.05, 0) is 18.9 Å². The van der Waals surface area contributed by atoms with E-state index in [0.29, 0.717) is 12.4 Å². The van der Waals surface area contributed by atoms with Crippen molar-refractivity contribution >= 4 is 29.2 Å². The summed E-state index contributed by atoms with van der Waals surface area (Å²) in [6.07, 6.45) is 3.13. The average molecular weight is 322 g/mol. The van der Waals surface area contributed by atoms with Gasteiger partial charge in [0.15, 0.2) is 0 Å². The molecule has 3 rings (SSSR count). The zero-order valence-electron chi connectivity index (χ0n) is 12.2. The topological polar surface area (TPSA) is 79.6 Å². The van der Waals surface area contributed by atoms with Crippen LogP contribution in [0.2, 0.25) is 0 Å². The van der Waals surface area contributed by atoms with Gasteiger partial charge in [0.2, 0.25) is 11.7 Å². The lowest BCUT2D eigenvalue weighted by molar-refractivity contribution is -0.384. The molecule has 0 spiro atoms. The fourth-order valence-corrected chi connectivity index (χ4v) is 3.93. The zero-order chi connectivity index (χ0) is 15.5. The minimum atomic E-state index is -0.431. The number of nitro groups is 1. The minimum absolute atomic E-state index is 0.0311. The number of hydrogen-bond donors (Lipinski definition) is 0. The summed E-state index contributed by atoms with van der Waals surface area (Å²) < 4.78 is 0. The Morgan fingerprint density at radius 1 is 1.36 bits per heavy atom. The van der Waals surface area contributed by atoms with E-state index in [1.165, 1.54) is 6.07 Å². The van der Waals surface area contributed by atoms with Gasteiger partial charge in [0.1, 0.15) is 6.04 Å². The van der Waals surface area contributed by atoms with Crippen LogP contribution >= 0.6 is 11.8 Å². The van der Waals surface area contributed by atoms with Gasteiger partial charge in [0.25, 0.3) is 0 Å². The van der Waals surface area contributed by atoms with Crippen molar-refractivity contribution in [1.29, 1.82) is 0 Å². The molecule has 8 heteroatoms. The number of aromatic nitrogens is 1. The van der Waals surface area contributed by atoms with Crippen molar-refractivity contribution in [1.82, 2.24) is 9.88 Å². The van der Waals surface area contributed by atoms with Gasteiger partial charge in [-0.3, -0.25) is 14.9 Å². The van der Waals surface area contributed by atoms with E-state index in [1.807, 2.05) is 21.6 Å². The van der Waals surface area contributed by atoms with Crippen molar-refractivity contribution in [2.75, 3.05) is 36.0 Å². The fourth-order valence-electron chi connectivity index (χ4n) is 3.02. The van der Waals surface area contributed by atoms with Crippen molar-refractivity contribution < 1.29 is 9.72 Å². The summed E-state index contributed by atoms with van der Waals surface area (Å²) in [5.74, 6) is 2.32. The molecule has 22 heavy (non-hydrogen) atoms. The van der Waals surface area contributed by atoms with Gasteiger partial charge in [-0.2, -0.15) is 11.8 Å². The Morgan fingerprint density at radius 2 is 2.14 bits per heavy atom. The van der Waals surface area contributed by atoms with Crippen LogP contribution in [-0.4, -0.2) is 57.9 Å². The number of pyridine rings is 1. The predicted molar refractivity (Wildman–Crippen MR) is 85.2 cm³/mol. The van der Waals surface area contributed by atoms with Crippen molar-refractivity contribution in [2.24, 2.45) is 0 Å². The third-order valence-corrected chi connectivity index (χ3v) is 5.04. The van der Waals surface area contributed by atoms with E-state index in [2.05, 4.69) is 4.98 Å². The molecule has 1 amide bonds. The van der Waals surface area contributed by atoms with Crippen LogP contribution in [-0.2, 0) is 4.79 Å². The number of carbonyl (C=O) groups excluding carboxylic acids is 1. The maximum atomic E-state index is 12.7. The van der Waals surface area contributed by atoms with Crippen molar-refractivity contribution in [3.8, 4) is 0 Å². The monoisotopic (exact) mass is 322 g/mol. The largest absolute Gasteiger partial charge is 0.339 e. The molecule has 0 saturated carbocycles. The highest BCUT2D eigenvalue weighted by atomic mass is 32.2. The summed E-state index contributed by atoms with van der Waals surface area (Å²) in [6, 6.07) is 2.67. The summed E-state index contributed by atoms with van der Waals surface area (Å²) in [5, 5.41) is 11.2. The first-order chi connectivity index (χ1) is 10.7. The lowest BCUT2D eigenvalue weighted by atomic mass is 10.2. The van der Waals surface area contributed by atoms with Crippen molar-refractivity contribution in [2.45, 2.75) is 18.9 Å². The quantitative estimate of drug-likeness (QED) is 0.620. The van der Waals surface area contributed by atoms with Gasteiger partial charge in [0, 0.05) is 43.4 Å². The number of amides is 1. The molecule has 0 aliphatic carbocycles. The Bertz CT molecular complexity index is 577. The van der Waals surface area contributed by atoms with Crippen LogP contribution in [0, 0.1) is 10.1 Å². The van der Waals surface area contributed by atoms with E-state index in [9.17, 15) is 14.9 Å². The smallest absolute Gasteiger partial charge is 0.311 e. The van der Waals surface area contributed by atoms with E-state index in [0.717, 1.165) is 37.4 Å². The van der Waals surface area contributed by atoms with Crippen LogP contribution in [0.3, 0.4) is 0 Å². The molecule has 2 saturated heterocycles. The highest BCUT2D eigenvalue weighted by Gasteiger charge is 2.37. The number of anilines is 1. The second-order valence-electron chi connectivity index (χ2n) is 5.39. The zero-order valence-corrected chi connectivity index (χ0v) is 13.0. The number of rotatable bonds is 3. The summed E-state index contributed by atoms with van der Waals surface area (Å²) in [7, 11) is 0. The van der Waals surface area contributed by atoms with Gasteiger partial charge < -0.3 is 9.80 Å². The average Bonchev–Trinajstić information content (AvgIpc) is 3.04. The summed E-state index contributed by atoms with van der Waals surface area (Å²) in [4.78, 5) is 31.4. The lowest BCUT2D eigenvalue weighted by Crippen LogP contribution is -2.48. The van der Waals surface area contributed by atoms with Gasteiger partial charge in [-0.1, -0.05) is 0 Å². The Labute approximate surface area is 132 Å². The molecule has 1 aromatic rings. The Balaban J connectivity index is 1.84. The molecule has 2 aliphatic heterocycles. The van der Waals surface area contributed by atoms with E-state index < -0.39 is 4.92 Å². The van der Waals surface area contributed by atoms with E-state index in [4.69, 9.17) is 0 Å². The fraction of sp³-hybridized carbons (Fsp3) is 0.571. The molecule has 0 aromatic carbocycles. The molecule has 1 aromatic heterocycles. The van der Waals surface area contributed by atoms with Gasteiger partial charge in [-0.15, -0.1) is 0 Å². The predicted octanol–water partition coefficient (Wildman–Crippen LogP) is 1.53. The molecule has 0 radical (unpaired) electrons. The molecule has 2 aliphatic rings. The third kappa shape index (κ3) is 2.87. The normalized spacial score (nSPS) is 21.9. The van der Waals surface area contributed by atoms with Crippen LogP contribution in [0.4, 0.5) is 11.5 Å². The molecule has 118 valence electrons. The SMILES string of the molecule is O=C(C1CCCN1c1ncccc1[N+](=O)[O-])N1CCSCC1. The van der Waals surface area contributed by atoms with E-state index >= 15 is 0 Å². The van der Waals surface area contributed by atoms with E-state index in [-0.39, 0.29) is 17.6 Å². The molecule has 2 fully saturated rings. The Kier molecular flexibility index (Phi) is 4.47. The van der Waals surface area contributed by atoms with Crippen LogP contribution < -0.4 is 4.90 Å². The van der Waals surface area contributed by atoms with Crippen LogP contribution in [0.15, 0.2) is 18.3 Å². The van der Waals surface area contributed by atoms with E-state index in [1.54, 1.807) is 12.3 Å². The number of nitrogens with zero attached hydrogens (tertiary/aromatic N) is 4. The molecular formula is C14H18N4O3S. The molecule has 1 atom stereocenters.